The number of aromatic nitrogens is 3. The van der Waals surface area contributed by atoms with Gasteiger partial charge in [-0.15, -0.1) is 0 Å². The number of thioether (sulfide) groups is 1. The molecule has 0 spiro atoms. The Labute approximate surface area is 132 Å². The van der Waals surface area contributed by atoms with Crippen molar-refractivity contribution in [3.05, 3.63) is 42.2 Å². The van der Waals surface area contributed by atoms with Crippen LogP contribution in [0.5, 0.6) is 0 Å². The van der Waals surface area contributed by atoms with Crippen LogP contribution >= 0.6 is 23.3 Å². The highest BCUT2D eigenvalue weighted by Crippen LogP contribution is 2.28. The second kappa shape index (κ2) is 6.87. The van der Waals surface area contributed by atoms with Crippen molar-refractivity contribution in [2.45, 2.75) is 23.4 Å². The van der Waals surface area contributed by atoms with Crippen LogP contribution in [0.15, 0.2) is 41.0 Å². The summed E-state index contributed by atoms with van der Waals surface area (Å²) < 4.78 is 5.03. The molecule has 4 nitrogen and oxygen atoms in total. The van der Waals surface area contributed by atoms with Crippen LogP contribution in [0.1, 0.15) is 18.9 Å². The first-order chi connectivity index (χ1) is 10.4. The molecular formula is C15H16N4S2. The maximum absolute atomic E-state index is 4.76. The quantitative estimate of drug-likeness (QED) is 0.691. The lowest BCUT2D eigenvalue weighted by Gasteiger charge is -2.11. The molecule has 2 aromatic heterocycles. The highest BCUT2D eigenvalue weighted by molar-refractivity contribution is 8.00. The highest BCUT2D eigenvalue weighted by Gasteiger charge is 2.08. The Morgan fingerprint density at radius 1 is 1.29 bits per heavy atom. The molecule has 0 aliphatic heterocycles. The number of rotatable bonds is 6. The number of hydrogen-bond donors (Lipinski definition) is 1. The van der Waals surface area contributed by atoms with Crippen LogP contribution in [-0.2, 0) is 5.75 Å². The van der Waals surface area contributed by atoms with Crippen molar-refractivity contribution in [3.8, 4) is 0 Å². The van der Waals surface area contributed by atoms with Crippen LogP contribution in [0.25, 0.3) is 10.9 Å². The Bertz CT molecular complexity index is 713. The number of pyridine rings is 1. The molecule has 0 saturated heterocycles. The fourth-order valence-corrected chi connectivity index (χ4v) is 3.45. The SMILES string of the molecule is CCCNc1nc2ccccc2cc1CSc1ncns1. The Morgan fingerprint density at radius 3 is 3.00 bits per heavy atom. The van der Waals surface area contributed by atoms with Gasteiger partial charge in [0.25, 0.3) is 0 Å². The van der Waals surface area contributed by atoms with Crippen molar-refractivity contribution in [2.75, 3.05) is 11.9 Å². The molecule has 0 radical (unpaired) electrons. The van der Waals surface area contributed by atoms with E-state index in [-0.39, 0.29) is 0 Å². The molecule has 0 fully saturated rings. The molecule has 1 aromatic carbocycles. The number of anilines is 1. The number of hydrogen-bond acceptors (Lipinski definition) is 6. The second-order valence-electron chi connectivity index (χ2n) is 4.61. The topological polar surface area (TPSA) is 50.7 Å². The monoisotopic (exact) mass is 316 g/mol. The average Bonchev–Trinajstić information content (AvgIpc) is 3.04. The second-order valence-corrected chi connectivity index (χ2v) is 6.61. The summed E-state index contributed by atoms with van der Waals surface area (Å²) in [4.78, 5) is 8.97. The van der Waals surface area contributed by atoms with E-state index < -0.39 is 0 Å². The number of nitrogens with one attached hydrogen (secondary N) is 1. The molecule has 0 unspecified atom stereocenters. The van der Waals surface area contributed by atoms with Gasteiger partial charge in [-0.2, -0.15) is 4.37 Å². The van der Waals surface area contributed by atoms with Gasteiger partial charge < -0.3 is 5.32 Å². The zero-order valence-electron chi connectivity index (χ0n) is 11.7. The zero-order chi connectivity index (χ0) is 14.5. The minimum Gasteiger partial charge on any atom is -0.370 e. The highest BCUT2D eigenvalue weighted by atomic mass is 32.2. The van der Waals surface area contributed by atoms with Crippen LogP contribution in [0.2, 0.25) is 0 Å². The first-order valence-corrected chi connectivity index (χ1v) is 8.64. The van der Waals surface area contributed by atoms with Crippen LogP contribution in [0.4, 0.5) is 5.82 Å². The summed E-state index contributed by atoms with van der Waals surface area (Å²) in [7, 11) is 0. The Balaban J connectivity index is 1.89. The number of fused-ring (bicyclic) bond motifs is 1. The molecule has 0 atom stereocenters. The third-order valence-corrected chi connectivity index (χ3v) is 4.88. The lowest BCUT2D eigenvalue weighted by atomic mass is 10.1. The van der Waals surface area contributed by atoms with E-state index in [9.17, 15) is 0 Å². The van der Waals surface area contributed by atoms with Gasteiger partial charge in [0.2, 0.25) is 0 Å². The van der Waals surface area contributed by atoms with Crippen molar-refractivity contribution in [1.29, 1.82) is 0 Å². The molecule has 0 aliphatic rings. The molecule has 3 rings (SSSR count). The Morgan fingerprint density at radius 2 is 2.19 bits per heavy atom. The molecule has 0 amide bonds. The van der Waals surface area contributed by atoms with Crippen molar-refractivity contribution in [2.24, 2.45) is 0 Å². The average molecular weight is 316 g/mol. The van der Waals surface area contributed by atoms with Gasteiger partial charge in [0.15, 0.2) is 4.34 Å². The largest absolute Gasteiger partial charge is 0.370 e. The summed E-state index contributed by atoms with van der Waals surface area (Å²) in [6, 6.07) is 10.4. The summed E-state index contributed by atoms with van der Waals surface area (Å²) in [6.07, 6.45) is 2.68. The van der Waals surface area contributed by atoms with E-state index in [0.29, 0.717) is 0 Å². The van der Waals surface area contributed by atoms with Crippen LogP contribution < -0.4 is 5.32 Å². The van der Waals surface area contributed by atoms with Crippen molar-refractivity contribution >= 4 is 40.0 Å². The standard InChI is InChI=1S/C15H16N4S2/c1-2-7-16-14-12(9-20-15-17-10-18-21-15)8-11-5-3-4-6-13(11)19-14/h3-6,8,10H,2,7,9H2,1H3,(H,16,19). The number of nitrogens with zero attached hydrogens (tertiary/aromatic N) is 3. The van der Waals surface area contributed by atoms with Gasteiger partial charge in [0, 0.05) is 23.2 Å². The third kappa shape index (κ3) is 3.51. The summed E-state index contributed by atoms with van der Waals surface area (Å²) in [5.74, 6) is 1.83. The Hall–Kier alpha value is -1.66. The minimum absolute atomic E-state index is 0.846. The molecule has 3 aromatic rings. The molecule has 21 heavy (non-hydrogen) atoms. The van der Waals surface area contributed by atoms with E-state index in [2.05, 4.69) is 33.7 Å². The summed E-state index contributed by atoms with van der Waals surface area (Å²) in [5.41, 5.74) is 2.24. The zero-order valence-corrected chi connectivity index (χ0v) is 13.4. The van der Waals surface area contributed by atoms with Gasteiger partial charge in [-0.25, -0.2) is 9.97 Å². The van der Waals surface area contributed by atoms with Crippen molar-refractivity contribution < 1.29 is 0 Å². The molecule has 108 valence electrons. The van der Waals surface area contributed by atoms with E-state index in [1.54, 1.807) is 18.1 Å². The number of para-hydroxylation sites is 1. The molecule has 0 aliphatic carbocycles. The van der Waals surface area contributed by atoms with Crippen LogP contribution in [0.3, 0.4) is 0 Å². The van der Waals surface area contributed by atoms with Gasteiger partial charge in [-0.3, -0.25) is 0 Å². The first kappa shape index (κ1) is 14.3. The van der Waals surface area contributed by atoms with Gasteiger partial charge in [0.05, 0.1) is 5.52 Å². The molecule has 0 saturated carbocycles. The smallest absolute Gasteiger partial charge is 0.170 e. The van der Waals surface area contributed by atoms with Crippen LogP contribution in [0, 0.1) is 0 Å². The maximum Gasteiger partial charge on any atom is 0.170 e. The predicted octanol–water partition coefficient (Wildman–Crippen LogP) is 4.20. The van der Waals surface area contributed by atoms with E-state index >= 15 is 0 Å². The van der Waals surface area contributed by atoms with E-state index in [0.717, 1.165) is 34.4 Å². The molecule has 6 heteroatoms. The van der Waals surface area contributed by atoms with Gasteiger partial charge in [-0.05, 0) is 30.1 Å². The summed E-state index contributed by atoms with van der Waals surface area (Å²) in [5, 5.41) is 4.60. The summed E-state index contributed by atoms with van der Waals surface area (Å²) in [6.45, 7) is 3.09. The Kier molecular flexibility index (Phi) is 4.67. The molecule has 0 bridgehead atoms. The van der Waals surface area contributed by atoms with Gasteiger partial charge >= 0.3 is 0 Å². The van der Waals surface area contributed by atoms with E-state index in [1.165, 1.54) is 22.5 Å². The molecule has 2 heterocycles. The lowest BCUT2D eigenvalue weighted by Crippen LogP contribution is -2.05. The predicted molar refractivity (Wildman–Crippen MR) is 90.0 cm³/mol. The van der Waals surface area contributed by atoms with Gasteiger partial charge in [-0.1, -0.05) is 36.9 Å². The first-order valence-electron chi connectivity index (χ1n) is 6.89. The number of benzene rings is 1. The van der Waals surface area contributed by atoms with Crippen LogP contribution in [-0.4, -0.2) is 20.9 Å². The third-order valence-electron chi connectivity index (χ3n) is 3.04. The normalized spacial score (nSPS) is 10.9. The van der Waals surface area contributed by atoms with Gasteiger partial charge in [0.1, 0.15) is 12.1 Å². The lowest BCUT2D eigenvalue weighted by molar-refractivity contribution is 0.968. The van der Waals surface area contributed by atoms with E-state index in [1.807, 2.05) is 18.2 Å². The van der Waals surface area contributed by atoms with Crippen molar-refractivity contribution in [3.63, 3.8) is 0 Å². The maximum atomic E-state index is 4.76. The molecule has 1 N–H and O–H groups in total. The van der Waals surface area contributed by atoms with E-state index in [4.69, 9.17) is 4.98 Å². The fraction of sp³-hybridized carbons (Fsp3) is 0.267. The fourth-order valence-electron chi connectivity index (χ4n) is 2.03. The summed E-state index contributed by atoms with van der Waals surface area (Å²) >= 11 is 3.13. The van der Waals surface area contributed by atoms with Crippen molar-refractivity contribution in [1.82, 2.24) is 14.3 Å². The molecular weight excluding hydrogens is 300 g/mol. The minimum atomic E-state index is 0.846.